The van der Waals surface area contributed by atoms with Crippen molar-refractivity contribution >= 4 is 23.0 Å². The molecule has 0 bridgehead atoms. The number of rotatable bonds is 3. The third-order valence-corrected chi connectivity index (χ3v) is 4.78. The number of nitrogens with one attached hydrogen (secondary N) is 1. The van der Waals surface area contributed by atoms with E-state index in [0.29, 0.717) is 0 Å². The first-order valence-corrected chi connectivity index (χ1v) is 8.77. The van der Waals surface area contributed by atoms with Gasteiger partial charge < -0.3 is 10.2 Å². The molecule has 1 aromatic carbocycles. The Bertz CT molecular complexity index is 694. The van der Waals surface area contributed by atoms with Crippen molar-refractivity contribution in [2.45, 2.75) is 20.4 Å². The van der Waals surface area contributed by atoms with Crippen molar-refractivity contribution < 1.29 is 0 Å². The minimum atomic E-state index is 0.824. The minimum Gasteiger partial charge on any atom is -0.346 e. The number of nitrogens with zero attached hydrogens (tertiary/aromatic N) is 3. The fourth-order valence-electron chi connectivity index (χ4n) is 2.92. The van der Waals surface area contributed by atoms with E-state index in [2.05, 4.69) is 58.2 Å². The summed E-state index contributed by atoms with van der Waals surface area (Å²) in [6, 6.07) is 10.5. The topological polar surface area (TPSA) is 31.4 Å². The summed E-state index contributed by atoms with van der Waals surface area (Å²) < 4.78 is 0. The number of aryl methyl sites for hydroxylation is 2. The zero-order valence-electron chi connectivity index (χ0n) is 14.3. The van der Waals surface area contributed by atoms with Gasteiger partial charge in [-0.15, -0.1) is 0 Å². The van der Waals surface area contributed by atoms with Crippen LogP contribution in [-0.2, 0) is 6.54 Å². The lowest BCUT2D eigenvalue weighted by Gasteiger charge is -2.36. The maximum atomic E-state index is 5.61. The van der Waals surface area contributed by atoms with Crippen molar-refractivity contribution in [3.05, 3.63) is 59.4 Å². The summed E-state index contributed by atoms with van der Waals surface area (Å²) in [4.78, 5) is 8.90. The Morgan fingerprint density at radius 2 is 1.96 bits per heavy atom. The third kappa shape index (κ3) is 4.30. The van der Waals surface area contributed by atoms with Crippen LogP contribution in [0.4, 0.5) is 5.69 Å². The predicted octanol–water partition coefficient (Wildman–Crippen LogP) is 3.21. The van der Waals surface area contributed by atoms with Crippen LogP contribution in [0.15, 0.2) is 42.7 Å². The first-order chi connectivity index (χ1) is 11.6. The molecular weight excluding hydrogens is 316 g/mol. The molecule has 4 nitrogen and oxygen atoms in total. The van der Waals surface area contributed by atoms with Crippen molar-refractivity contribution in [3.8, 4) is 0 Å². The summed E-state index contributed by atoms with van der Waals surface area (Å²) in [5.41, 5.74) is 4.84. The molecule has 1 aliphatic rings. The maximum absolute atomic E-state index is 5.61. The lowest BCUT2D eigenvalue weighted by atomic mass is 10.1. The average molecular weight is 340 g/mol. The van der Waals surface area contributed by atoms with Gasteiger partial charge in [-0.1, -0.05) is 18.2 Å². The highest BCUT2D eigenvalue weighted by molar-refractivity contribution is 7.80. The molecule has 0 amide bonds. The second-order valence-corrected chi connectivity index (χ2v) is 6.76. The first-order valence-electron chi connectivity index (χ1n) is 8.36. The molecule has 0 atom stereocenters. The van der Waals surface area contributed by atoms with Gasteiger partial charge in [-0.2, -0.15) is 0 Å². The molecule has 5 heteroatoms. The van der Waals surface area contributed by atoms with E-state index in [0.717, 1.165) is 43.5 Å². The quantitative estimate of drug-likeness (QED) is 0.867. The van der Waals surface area contributed by atoms with Gasteiger partial charge in [0, 0.05) is 50.8 Å². The molecule has 1 saturated heterocycles. The van der Waals surface area contributed by atoms with Crippen molar-refractivity contribution in [2.24, 2.45) is 0 Å². The SMILES string of the molecule is Cc1ccc(C)c(NC(=S)N2CCN(Cc3cccnc3)CC2)c1. The van der Waals surface area contributed by atoms with Gasteiger partial charge >= 0.3 is 0 Å². The van der Waals surface area contributed by atoms with Crippen LogP contribution >= 0.6 is 12.2 Å². The van der Waals surface area contributed by atoms with Gasteiger partial charge in [0.1, 0.15) is 0 Å². The summed E-state index contributed by atoms with van der Waals surface area (Å²) >= 11 is 5.61. The van der Waals surface area contributed by atoms with Gasteiger partial charge in [-0.05, 0) is 54.9 Å². The zero-order chi connectivity index (χ0) is 16.9. The Morgan fingerprint density at radius 3 is 2.67 bits per heavy atom. The molecule has 0 aliphatic carbocycles. The van der Waals surface area contributed by atoms with E-state index in [9.17, 15) is 0 Å². The Hall–Kier alpha value is -1.98. The maximum Gasteiger partial charge on any atom is 0.173 e. The molecule has 2 aromatic rings. The minimum absolute atomic E-state index is 0.824. The van der Waals surface area contributed by atoms with Crippen LogP contribution in [0.3, 0.4) is 0 Å². The lowest BCUT2D eigenvalue weighted by molar-refractivity contribution is 0.177. The molecule has 0 spiro atoms. The van der Waals surface area contributed by atoms with Crippen LogP contribution in [0, 0.1) is 13.8 Å². The monoisotopic (exact) mass is 340 g/mol. The van der Waals surface area contributed by atoms with E-state index in [-0.39, 0.29) is 0 Å². The number of hydrogen-bond acceptors (Lipinski definition) is 3. The lowest BCUT2D eigenvalue weighted by Crippen LogP contribution is -2.49. The molecule has 1 aromatic heterocycles. The van der Waals surface area contributed by atoms with Gasteiger partial charge in [0.15, 0.2) is 5.11 Å². The molecule has 0 unspecified atom stereocenters. The second-order valence-electron chi connectivity index (χ2n) is 6.37. The van der Waals surface area contributed by atoms with Crippen LogP contribution in [0.1, 0.15) is 16.7 Å². The van der Waals surface area contributed by atoms with Gasteiger partial charge in [-0.25, -0.2) is 0 Å². The zero-order valence-corrected chi connectivity index (χ0v) is 15.1. The van der Waals surface area contributed by atoms with Crippen LogP contribution in [0.2, 0.25) is 0 Å². The van der Waals surface area contributed by atoms with Crippen LogP contribution in [0.25, 0.3) is 0 Å². The molecule has 1 fully saturated rings. The Balaban J connectivity index is 1.52. The largest absolute Gasteiger partial charge is 0.346 e. The number of benzene rings is 1. The van der Waals surface area contributed by atoms with E-state index in [1.807, 2.05) is 18.5 Å². The fraction of sp³-hybridized carbons (Fsp3) is 0.368. The molecule has 0 radical (unpaired) electrons. The number of piperazine rings is 1. The first kappa shape index (κ1) is 16.9. The molecule has 1 N–H and O–H groups in total. The third-order valence-electron chi connectivity index (χ3n) is 4.42. The van der Waals surface area contributed by atoms with Crippen molar-refractivity contribution in [3.63, 3.8) is 0 Å². The van der Waals surface area contributed by atoms with Crippen LogP contribution in [0.5, 0.6) is 0 Å². The predicted molar refractivity (Wildman–Crippen MR) is 103 cm³/mol. The number of thiocarbonyl (C=S) groups is 1. The molecule has 1 aliphatic heterocycles. The molecular formula is C19H24N4S. The van der Waals surface area contributed by atoms with Gasteiger partial charge in [0.25, 0.3) is 0 Å². The van der Waals surface area contributed by atoms with Gasteiger partial charge in [0.2, 0.25) is 0 Å². The summed E-state index contributed by atoms with van der Waals surface area (Å²) in [7, 11) is 0. The Morgan fingerprint density at radius 1 is 1.17 bits per heavy atom. The summed E-state index contributed by atoms with van der Waals surface area (Å²) in [6.45, 7) is 9.11. The average Bonchev–Trinajstić information content (AvgIpc) is 2.60. The van der Waals surface area contributed by atoms with Gasteiger partial charge in [-0.3, -0.25) is 9.88 Å². The fourth-order valence-corrected chi connectivity index (χ4v) is 3.22. The Kier molecular flexibility index (Phi) is 5.43. The van der Waals surface area contributed by atoms with E-state index >= 15 is 0 Å². The highest BCUT2D eigenvalue weighted by atomic mass is 32.1. The molecule has 0 saturated carbocycles. The summed E-state index contributed by atoms with van der Waals surface area (Å²) in [5, 5.41) is 4.24. The highest BCUT2D eigenvalue weighted by Crippen LogP contribution is 2.17. The smallest absolute Gasteiger partial charge is 0.173 e. The van der Waals surface area contributed by atoms with Crippen molar-refractivity contribution in [1.29, 1.82) is 0 Å². The number of pyridine rings is 1. The molecule has 126 valence electrons. The van der Waals surface area contributed by atoms with Crippen LogP contribution < -0.4 is 5.32 Å². The van der Waals surface area contributed by atoms with Crippen molar-refractivity contribution in [1.82, 2.24) is 14.8 Å². The standard InChI is InChI=1S/C19H24N4S/c1-15-5-6-16(2)18(12-15)21-19(24)23-10-8-22(9-11-23)14-17-4-3-7-20-13-17/h3-7,12-13H,8-11,14H2,1-2H3,(H,21,24). The van der Waals surface area contributed by atoms with E-state index in [4.69, 9.17) is 12.2 Å². The number of hydrogen-bond donors (Lipinski definition) is 1. The van der Waals surface area contributed by atoms with Gasteiger partial charge in [0.05, 0.1) is 0 Å². The van der Waals surface area contributed by atoms with E-state index in [1.54, 1.807) is 0 Å². The summed E-state index contributed by atoms with van der Waals surface area (Å²) in [5.74, 6) is 0. The molecule has 2 heterocycles. The normalized spacial score (nSPS) is 15.3. The van der Waals surface area contributed by atoms with E-state index < -0.39 is 0 Å². The van der Waals surface area contributed by atoms with Crippen molar-refractivity contribution in [2.75, 3.05) is 31.5 Å². The number of anilines is 1. The Labute approximate surface area is 149 Å². The van der Waals surface area contributed by atoms with Crippen LogP contribution in [-0.4, -0.2) is 46.1 Å². The number of aromatic nitrogens is 1. The molecule has 3 rings (SSSR count). The second kappa shape index (κ2) is 7.73. The summed E-state index contributed by atoms with van der Waals surface area (Å²) in [6.07, 6.45) is 3.76. The van der Waals surface area contributed by atoms with E-state index in [1.165, 1.54) is 16.7 Å². The highest BCUT2D eigenvalue weighted by Gasteiger charge is 2.19. The molecule has 24 heavy (non-hydrogen) atoms.